The topological polar surface area (TPSA) is 55.4 Å². The fourth-order valence-electron chi connectivity index (χ4n) is 1.96. The van der Waals surface area contributed by atoms with Crippen molar-refractivity contribution in [2.75, 3.05) is 17.7 Å². The second-order valence-electron chi connectivity index (χ2n) is 5.36. The number of benzene rings is 2. The number of hydrogen-bond donors (Lipinski definition) is 1. The summed E-state index contributed by atoms with van der Waals surface area (Å²) in [5.41, 5.74) is 1.12. The Bertz CT molecular complexity index is 702. The Balaban J connectivity index is 1.80. The minimum Gasteiger partial charge on any atom is -0.462 e. The summed E-state index contributed by atoms with van der Waals surface area (Å²) in [7, 11) is 0. The standard InChI is InChI=1S/C19H20ClNO3S/c1-2-3-12-24-19(23)14-4-8-16(9-5-14)21-18(22)13-25-17-10-6-15(20)7-11-17/h4-11H,2-3,12-13H2,1H3,(H,21,22). The minimum absolute atomic E-state index is 0.113. The molecule has 0 radical (unpaired) electrons. The van der Waals surface area contributed by atoms with Crippen molar-refractivity contribution in [2.24, 2.45) is 0 Å². The molecule has 0 aliphatic heterocycles. The van der Waals surface area contributed by atoms with Crippen molar-refractivity contribution >= 4 is 40.9 Å². The average molecular weight is 378 g/mol. The van der Waals surface area contributed by atoms with Gasteiger partial charge in [-0.25, -0.2) is 4.79 Å². The van der Waals surface area contributed by atoms with Gasteiger partial charge in [0.1, 0.15) is 0 Å². The number of hydrogen-bond acceptors (Lipinski definition) is 4. The molecule has 2 aromatic carbocycles. The Morgan fingerprint density at radius 1 is 1.08 bits per heavy atom. The number of carbonyl (C=O) groups is 2. The van der Waals surface area contributed by atoms with Crippen molar-refractivity contribution in [3.63, 3.8) is 0 Å². The highest BCUT2D eigenvalue weighted by Gasteiger charge is 2.08. The van der Waals surface area contributed by atoms with Crippen LogP contribution in [0, 0.1) is 0 Å². The fourth-order valence-corrected chi connectivity index (χ4v) is 2.78. The van der Waals surface area contributed by atoms with Gasteiger partial charge in [0.2, 0.25) is 5.91 Å². The zero-order valence-electron chi connectivity index (χ0n) is 14.0. The number of ether oxygens (including phenoxy) is 1. The maximum Gasteiger partial charge on any atom is 0.338 e. The largest absolute Gasteiger partial charge is 0.462 e. The molecule has 0 aromatic heterocycles. The first-order valence-electron chi connectivity index (χ1n) is 8.04. The van der Waals surface area contributed by atoms with Crippen LogP contribution < -0.4 is 5.32 Å². The number of thioether (sulfide) groups is 1. The SMILES string of the molecule is CCCCOC(=O)c1ccc(NC(=O)CSc2ccc(Cl)cc2)cc1. The average Bonchev–Trinajstić information content (AvgIpc) is 2.62. The third-order valence-electron chi connectivity index (χ3n) is 3.32. The molecular weight excluding hydrogens is 358 g/mol. The van der Waals surface area contributed by atoms with Crippen LogP contribution in [0.3, 0.4) is 0 Å². The van der Waals surface area contributed by atoms with Crippen LogP contribution in [0.5, 0.6) is 0 Å². The van der Waals surface area contributed by atoms with E-state index in [-0.39, 0.29) is 11.9 Å². The molecule has 0 aliphatic carbocycles. The van der Waals surface area contributed by atoms with E-state index in [1.807, 2.05) is 19.1 Å². The molecule has 2 rings (SSSR count). The minimum atomic E-state index is -0.343. The van der Waals surface area contributed by atoms with E-state index in [0.717, 1.165) is 17.7 Å². The van der Waals surface area contributed by atoms with E-state index in [1.54, 1.807) is 36.4 Å². The van der Waals surface area contributed by atoms with Crippen LogP contribution in [0.15, 0.2) is 53.4 Å². The lowest BCUT2D eigenvalue weighted by Gasteiger charge is -2.07. The van der Waals surface area contributed by atoms with Gasteiger partial charge in [0.05, 0.1) is 17.9 Å². The van der Waals surface area contributed by atoms with Crippen LogP contribution in [0.1, 0.15) is 30.1 Å². The van der Waals surface area contributed by atoms with Crippen LogP contribution in [0.2, 0.25) is 5.02 Å². The van der Waals surface area contributed by atoms with Crippen LogP contribution >= 0.6 is 23.4 Å². The lowest BCUT2D eigenvalue weighted by Crippen LogP contribution is -2.14. The molecule has 0 fully saturated rings. The Labute approximate surface area is 156 Å². The summed E-state index contributed by atoms with van der Waals surface area (Å²) >= 11 is 7.26. The van der Waals surface area contributed by atoms with Gasteiger partial charge in [-0.2, -0.15) is 0 Å². The molecule has 4 nitrogen and oxygen atoms in total. The summed E-state index contributed by atoms with van der Waals surface area (Å²) in [6.07, 6.45) is 1.83. The number of carbonyl (C=O) groups excluding carboxylic acids is 2. The molecule has 0 unspecified atom stereocenters. The van der Waals surface area contributed by atoms with Gasteiger partial charge in [0.25, 0.3) is 0 Å². The van der Waals surface area contributed by atoms with E-state index in [1.165, 1.54) is 11.8 Å². The maximum atomic E-state index is 12.0. The number of halogens is 1. The first-order valence-corrected chi connectivity index (χ1v) is 9.40. The zero-order chi connectivity index (χ0) is 18.1. The number of nitrogens with one attached hydrogen (secondary N) is 1. The molecule has 1 amide bonds. The van der Waals surface area contributed by atoms with E-state index in [2.05, 4.69) is 5.32 Å². The number of rotatable bonds is 8. The van der Waals surface area contributed by atoms with Crippen molar-refractivity contribution in [2.45, 2.75) is 24.7 Å². The summed E-state index contributed by atoms with van der Waals surface area (Å²) in [6.45, 7) is 2.46. The number of amides is 1. The van der Waals surface area contributed by atoms with Crippen molar-refractivity contribution in [1.29, 1.82) is 0 Å². The summed E-state index contributed by atoms with van der Waals surface area (Å²) in [5.74, 6) is -0.162. The molecule has 0 spiro atoms. The van der Waals surface area contributed by atoms with Crippen molar-refractivity contribution < 1.29 is 14.3 Å². The predicted molar refractivity (Wildman–Crippen MR) is 102 cm³/mol. The molecule has 0 aliphatic rings. The highest BCUT2D eigenvalue weighted by atomic mass is 35.5. The Kier molecular flexibility index (Phi) is 7.82. The lowest BCUT2D eigenvalue weighted by atomic mass is 10.2. The molecule has 0 bridgehead atoms. The van der Waals surface area contributed by atoms with Crippen molar-refractivity contribution in [1.82, 2.24) is 0 Å². The summed E-state index contributed by atoms with van der Waals surface area (Å²) < 4.78 is 5.15. The molecule has 2 aromatic rings. The van der Waals surface area contributed by atoms with Gasteiger partial charge in [-0.15, -0.1) is 11.8 Å². The van der Waals surface area contributed by atoms with Crippen LogP contribution in [0.25, 0.3) is 0 Å². The monoisotopic (exact) mass is 377 g/mol. The van der Waals surface area contributed by atoms with Gasteiger partial charge in [-0.3, -0.25) is 4.79 Å². The Hall–Kier alpha value is -1.98. The van der Waals surface area contributed by atoms with Crippen LogP contribution in [-0.4, -0.2) is 24.2 Å². The molecule has 0 saturated carbocycles. The summed E-state index contributed by atoms with van der Waals surface area (Å²) in [6, 6.07) is 14.0. The van der Waals surface area contributed by atoms with Crippen LogP contribution in [0.4, 0.5) is 5.69 Å². The number of unbranched alkanes of at least 4 members (excludes halogenated alkanes) is 1. The van der Waals surface area contributed by atoms with E-state index in [0.29, 0.717) is 28.6 Å². The van der Waals surface area contributed by atoms with E-state index in [9.17, 15) is 9.59 Å². The van der Waals surface area contributed by atoms with Gasteiger partial charge < -0.3 is 10.1 Å². The van der Waals surface area contributed by atoms with E-state index in [4.69, 9.17) is 16.3 Å². The first-order chi connectivity index (χ1) is 12.1. The summed E-state index contributed by atoms with van der Waals surface area (Å²) in [5, 5.41) is 3.47. The third kappa shape index (κ3) is 6.80. The molecule has 0 saturated heterocycles. The molecular formula is C19H20ClNO3S. The van der Waals surface area contributed by atoms with Gasteiger partial charge >= 0.3 is 5.97 Å². The first kappa shape index (κ1) is 19.3. The molecule has 25 heavy (non-hydrogen) atoms. The molecule has 132 valence electrons. The third-order valence-corrected chi connectivity index (χ3v) is 4.58. The fraction of sp³-hybridized carbons (Fsp3) is 0.263. The van der Waals surface area contributed by atoms with E-state index < -0.39 is 0 Å². The summed E-state index contributed by atoms with van der Waals surface area (Å²) in [4.78, 5) is 24.8. The van der Waals surface area contributed by atoms with Crippen LogP contribution in [-0.2, 0) is 9.53 Å². The normalized spacial score (nSPS) is 10.3. The molecule has 1 N–H and O–H groups in total. The van der Waals surface area contributed by atoms with Gasteiger partial charge in [-0.1, -0.05) is 24.9 Å². The highest BCUT2D eigenvalue weighted by molar-refractivity contribution is 8.00. The smallest absolute Gasteiger partial charge is 0.338 e. The zero-order valence-corrected chi connectivity index (χ0v) is 15.5. The number of anilines is 1. The van der Waals surface area contributed by atoms with Gasteiger partial charge in [0, 0.05) is 15.6 Å². The highest BCUT2D eigenvalue weighted by Crippen LogP contribution is 2.20. The maximum absolute atomic E-state index is 12.0. The second-order valence-corrected chi connectivity index (χ2v) is 6.84. The molecule has 0 atom stereocenters. The van der Waals surface area contributed by atoms with E-state index >= 15 is 0 Å². The van der Waals surface area contributed by atoms with Gasteiger partial charge in [-0.05, 0) is 55.0 Å². The second kappa shape index (κ2) is 10.1. The van der Waals surface area contributed by atoms with Gasteiger partial charge in [0.15, 0.2) is 0 Å². The molecule has 0 heterocycles. The Morgan fingerprint density at radius 2 is 1.76 bits per heavy atom. The predicted octanol–water partition coefficient (Wildman–Crippen LogP) is 5.03. The number of esters is 1. The molecule has 6 heteroatoms. The van der Waals surface area contributed by atoms with Crippen molar-refractivity contribution in [3.8, 4) is 0 Å². The lowest BCUT2D eigenvalue weighted by molar-refractivity contribution is -0.113. The van der Waals surface area contributed by atoms with Crippen molar-refractivity contribution in [3.05, 3.63) is 59.1 Å². The Morgan fingerprint density at radius 3 is 2.40 bits per heavy atom. The quantitative estimate of drug-likeness (QED) is 0.398.